The highest BCUT2D eigenvalue weighted by Crippen LogP contribution is 2.16. The summed E-state index contributed by atoms with van der Waals surface area (Å²) in [5, 5.41) is 13.0. The van der Waals surface area contributed by atoms with Crippen LogP contribution in [-0.2, 0) is 11.3 Å². The SMILES string of the molecule is O=C(Cn1cncn1)N1CCC[C@H]1CO. The molecule has 1 N–H and O–H groups in total. The van der Waals surface area contributed by atoms with Gasteiger partial charge in [0.25, 0.3) is 0 Å². The van der Waals surface area contributed by atoms with Crippen molar-refractivity contribution in [3.05, 3.63) is 12.7 Å². The van der Waals surface area contributed by atoms with Crippen molar-refractivity contribution in [2.45, 2.75) is 25.4 Å². The molecule has 1 aromatic heterocycles. The van der Waals surface area contributed by atoms with Crippen molar-refractivity contribution in [3.8, 4) is 0 Å². The molecule has 1 aliphatic rings. The summed E-state index contributed by atoms with van der Waals surface area (Å²) < 4.78 is 1.50. The van der Waals surface area contributed by atoms with Crippen LogP contribution in [0.25, 0.3) is 0 Å². The molecule has 0 aliphatic carbocycles. The highest BCUT2D eigenvalue weighted by Gasteiger charge is 2.27. The van der Waals surface area contributed by atoms with Gasteiger partial charge in [-0.15, -0.1) is 0 Å². The molecule has 2 rings (SSSR count). The van der Waals surface area contributed by atoms with Crippen LogP contribution in [0.2, 0.25) is 0 Å². The summed E-state index contributed by atoms with van der Waals surface area (Å²) in [7, 11) is 0. The quantitative estimate of drug-likeness (QED) is 0.713. The zero-order chi connectivity index (χ0) is 10.7. The minimum atomic E-state index is -0.0129. The average molecular weight is 210 g/mol. The molecular weight excluding hydrogens is 196 g/mol. The topological polar surface area (TPSA) is 71.2 Å². The Morgan fingerprint density at radius 1 is 1.60 bits per heavy atom. The lowest BCUT2D eigenvalue weighted by Crippen LogP contribution is -2.39. The van der Waals surface area contributed by atoms with Crippen LogP contribution in [0.5, 0.6) is 0 Å². The van der Waals surface area contributed by atoms with Gasteiger partial charge in [-0.2, -0.15) is 5.10 Å². The molecule has 1 saturated heterocycles. The van der Waals surface area contributed by atoms with E-state index in [1.807, 2.05) is 0 Å². The van der Waals surface area contributed by atoms with Crippen LogP contribution in [0, 0.1) is 0 Å². The average Bonchev–Trinajstić information content (AvgIpc) is 2.86. The van der Waals surface area contributed by atoms with Crippen LogP contribution in [0.15, 0.2) is 12.7 Å². The van der Waals surface area contributed by atoms with Crippen molar-refractivity contribution in [2.24, 2.45) is 0 Å². The van der Waals surface area contributed by atoms with Gasteiger partial charge in [0.15, 0.2) is 0 Å². The van der Waals surface area contributed by atoms with Gasteiger partial charge in [-0.05, 0) is 12.8 Å². The molecule has 82 valence electrons. The van der Waals surface area contributed by atoms with Crippen molar-refractivity contribution < 1.29 is 9.90 Å². The molecular formula is C9H14N4O2. The van der Waals surface area contributed by atoms with Crippen molar-refractivity contribution in [1.82, 2.24) is 19.7 Å². The predicted octanol–water partition coefficient (Wildman–Crippen LogP) is -0.739. The molecule has 1 aromatic rings. The van der Waals surface area contributed by atoms with Gasteiger partial charge in [-0.3, -0.25) is 4.79 Å². The van der Waals surface area contributed by atoms with Crippen molar-refractivity contribution in [3.63, 3.8) is 0 Å². The summed E-state index contributed by atoms with van der Waals surface area (Å²) in [5.74, 6) is -0.00273. The van der Waals surface area contributed by atoms with Crippen molar-refractivity contribution in [2.75, 3.05) is 13.2 Å². The standard InChI is InChI=1S/C9H14N4O2/c14-5-8-2-1-3-13(8)9(15)4-12-7-10-6-11-12/h6-8,14H,1-5H2/t8-/m0/s1. The maximum atomic E-state index is 11.8. The Kier molecular flexibility index (Phi) is 2.96. The summed E-state index contributed by atoms with van der Waals surface area (Å²) in [6.07, 6.45) is 4.77. The van der Waals surface area contributed by atoms with Crippen molar-refractivity contribution in [1.29, 1.82) is 0 Å². The molecule has 0 bridgehead atoms. The fourth-order valence-corrected chi connectivity index (χ4v) is 1.90. The fraction of sp³-hybridized carbons (Fsp3) is 0.667. The predicted molar refractivity (Wildman–Crippen MR) is 51.8 cm³/mol. The Hall–Kier alpha value is -1.43. The first-order valence-electron chi connectivity index (χ1n) is 5.04. The summed E-state index contributed by atoms with van der Waals surface area (Å²) in [6.45, 7) is 0.984. The number of aliphatic hydroxyl groups is 1. The van der Waals surface area contributed by atoms with E-state index in [2.05, 4.69) is 10.1 Å². The van der Waals surface area contributed by atoms with Crippen LogP contribution in [0.3, 0.4) is 0 Å². The zero-order valence-electron chi connectivity index (χ0n) is 8.41. The Bertz CT molecular complexity index is 325. The Balaban J connectivity index is 1.96. The third kappa shape index (κ3) is 2.15. The van der Waals surface area contributed by atoms with Gasteiger partial charge < -0.3 is 10.0 Å². The van der Waals surface area contributed by atoms with E-state index in [-0.39, 0.29) is 25.1 Å². The van der Waals surface area contributed by atoms with E-state index >= 15 is 0 Å². The largest absolute Gasteiger partial charge is 0.394 e. The molecule has 0 spiro atoms. The van der Waals surface area contributed by atoms with Crippen LogP contribution in [0.1, 0.15) is 12.8 Å². The molecule has 6 nitrogen and oxygen atoms in total. The third-order valence-electron chi connectivity index (χ3n) is 2.67. The number of hydrogen-bond acceptors (Lipinski definition) is 4. The molecule has 1 amide bonds. The van der Waals surface area contributed by atoms with E-state index in [4.69, 9.17) is 5.11 Å². The van der Waals surface area contributed by atoms with Crippen LogP contribution in [0.4, 0.5) is 0 Å². The summed E-state index contributed by atoms with van der Waals surface area (Å²) in [6, 6.07) is -0.0129. The first kappa shape index (κ1) is 10.1. The van der Waals surface area contributed by atoms with E-state index in [1.54, 1.807) is 4.90 Å². The number of nitrogens with zero attached hydrogens (tertiary/aromatic N) is 4. The normalized spacial score (nSPS) is 20.9. The van der Waals surface area contributed by atoms with E-state index in [9.17, 15) is 4.79 Å². The Labute approximate surface area is 87.5 Å². The van der Waals surface area contributed by atoms with E-state index in [0.29, 0.717) is 0 Å². The third-order valence-corrected chi connectivity index (χ3v) is 2.67. The second-order valence-electron chi connectivity index (χ2n) is 3.66. The number of carbonyl (C=O) groups is 1. The minimum Gasteiger partial charge on any atom is -0.394 e. The van der Waals surface area contributed by atoms with Gasteiger partial charge in [0.1, 0.15) is 19.2 Å². The second kappa shape index (κ2) is 4.39. The molecule has 6 heteroatoms. The van der Waals surface area contributed by atoms with E-state index in [1.165, 1.54) is 17.3 Å². The van der Waals surface area contributed by atoms with E-state index in [0.717, 1.165) is 19.4 Å². The minimum absolute atomic E-state index is 0.00273. The number of hydrogen-bond donors (Lipinski definition) is 1. The van der Waals surface area contributed by atoms with Gasteiger partial charge in [0.05, 0.1) is 12.6 Å². The maximum Gasteiger partial charge on any atom is 0.244 e. The monoisotopic (exact) mass is 210 g/mol. The van der Waals surface area contributed by atoms with Gasteiger partial charge in [-0.1, -0.05) is 0 Å². The number of amides is 1. The summed E-state index contributed by atoms with van der Waals surface area (Å²) in [5.41, 5.74) is 0. The van der Waals surface area contributed by atoms with Crippen molar-refractivity contribution >= 4 is 5.91 Å². The summed E-state index contributed by atoms with van der Waals surface area (Å²) >= 11 is 0. The summed E-state index contributed by atoms with van der Waals surface area (Å²) in [4.78, 5) is 17.3. The number of rotatable bonds is 3. The second-order valence-corrected chi connectivity index (χ2v) is 3.66. The lowest BCUT2D eigenvalue weighted by molar-refractivity contribution is -0.133. The number of carbonyl (C=O) groups excluding carboxylic acids is 1. The molecule has 2 heterocycles. The van der Waals surface area contributed by atoms with Gasteiger partial charge >= 0.3 is 0 Å². The highest BCUT2D eigenvalue weighted by atomic mass is 16.3. The molecule has 0 aromatic carbocycles. The Morgan fingerprint density at radius 2 is 2.47 bits per heavy atom. The smallest absolute Gasteiger partial charge is 0.244 e. The van der Waals surface area contributed by atoms with E-state index < -0.39 is 0 Å². The molecule has 0 unspecified atom stereocenters. The fourth-order valence-electron chi connectivity index (χ4n) is 1.90. The molecule has 15 heavy (non-hydrogen) atoms. The Morgan fingerprint density at radius 3 is 3.13 bits per heavy atom. The lowest BCUT2D eigenvalue weighted by atomic mass is 10.2. The first-order chi connectivity index (χ1) is 7.31. The lowest BCUT2D eigenvalue weighted by Gasteiger charge is -2.22. The van der Waals surface area contributed by atoms with Crippen LogP contribution >= 0.6 is 0 Å². The first-order valence-corrected chi connectivity index (χ1v) is 5.04. The number of likely N-dealkylation sites (tertiary alicyclic amines) is 1. The zero-order valence-corrected chi connectivity index (χ0v) is 8.41. The maximum absolute atomic E-state index is 11.8. The number of aliphatic hydroxyl groups excluding tert-OH is 1. The van der Waals surface area contributed by atoms with Crippen LogP contribution < -0.4 is 0 Å². The van der Waals surface area contributed by atoms with Gasteiger partial charge in [0.2, 0.25) is 5.91 Å². The highest BCUT2D eigenvalue weighted by molar-refractivity contribution is 5.76. The molecule has 0 radical (unpaired) electrons. The molecule has 1 fully saturated rings. The van der Waals surface area contributed by atoms with Gasteiger partial charge in [0, 0.05) is 6.54 Å². The van der Waals surface area contributed by atoms with Crippen LogP contribution in [-0.4, -0.2) is 49.9 Å². The van der Waals surface area contributed by atoms with Gasteiger partial charge in [-0.25, -0.2) is 9.67 Å². The molecule has 1 aliphatic heterocycles. The molecule has 0 saturated carbocycles. The molecule has 1 atom stereocenters. The number of aromatic nitrogens is 3.